The van der Waals surface area contributed by atoms with Gasteiger partial charge >= 0.3 is 0 Å². The molecular weight excluding hydrogens is 352 g/mol. The number of piperidine rings is 1. The van der Waals surface area contributed by atoms with Crippen molar-refractivity contribution in [1.29, 1.82) is 0 Å². The van der Waals surface area contributed by atoms with Crippen LogP contribution in [0.3, 0.4) is 0 Å². The molecule has 2 aliphatic heterocycles. The van der Waals surface area contributed by atoms with Gasteiger partial charge < -0.3 is 10.2 Å². The van der Waals surface area contributed by atoms with Crippen molar-refractivity contribution in [3.63, 3.8) is 0 Å². The topological polar surface area (TPSA) is 71.2 Å². The molecule has 0 aliphatic carbocycles. The summed E-state index contributed by atoms with van der Waals surface area (Å²) in [5.41, 5.74) is 1.76. The van der Waals surface area contributed by atoms with E-state index in [1.54, 1.807) is 6.20 Å². The van der Waals surface area contributed by atoms with Crippen LogP contribution in [0.5, 0.6) is 0 Å². The molecule has 0 unspecified atom stereocenters. The molecule has 5 rings (SSSR count). The maximum Gasteiger partial charge on any atom is 0.282 e. The Bertz CT molecular complexity index is 973. The Morgan fingerprint density at radius 3 is 2.81 bits per heavy atom. The van der Waals surface area contributed by atoms with Crippen molar-refractivity contribution in [3.8, 4) is 11.4 Å². The molecule has 2 saturated heterocycles. The molecule has 2 aliphatic rings. The number of hydrogen-bond donors (Lipinski definition) is 1. The van der Waals surface area contributed by atoms with E-state index in [9.17, 15) is 8.78 Å². The fourth-order valence-corrected chi connectivity index (χ4v) is 4.06. The fourth-order valence-electron chi connectivity index (χ4n) is 4.06. The van der Waals surface area contributed by atoms with Crippen molar-refractivity contribution < 1.29 is 8.78 Å². The number of halogens is 2. The van der Waals surface area contributed by atoms with Gasteiger partial charge in [-0.15, -0.1) is 0 Å². The molecule has 1 N–H and O–H groups in total. The molecule has 9 heteroatoms. The minimum absolute atomic E-state index is 0.287. The Labute approximate surface area is 154 Å². The molecule has 1 spiro atoms. The quantitative estimate of drug-likeness (QED) is 0.762. The van der Waals surface area contributed by atoms with Crippen molar-refractivity contribution in [3.05, 3.63) is 36.4 Å². The van der Waals surface area contributed by atoms with Crippen LogP contribution in [0.1, 0.15) is 25.0 Å². The zero-order valence-corrected chi connectivity index (χ0v) is 14.6. The second kappa shape index (κ2) is 6.19. The molecule has 27 heavy (non-hydrogen) atoms. The summed E-state index contributed by atoms with van der Waals surface area (Å²) in [6, 6.07) is 4.71. The first kappa shape index (κ1) is 16.5. The third-order valence-corrected chi connectivity index (χ3v) is 5.46. The first-order valence-electron chi connectivity index (χ1n) is 9.05. The molecule has 0 radical (unpaired) electrons. The summed E-state index contributed by atoms with van der Waals surface area (Å²) < 4.78 is 27.4. The first-order chi connectivity index (χ1) is 13.1. The molecule has 3 aromatic heterocycles. The van der Waals surface area contributed by atoms with Crippen LogP contribution in [-0.4, -0.2) is 50.7 Å². The normalized spacial score (nSPS) is 19.0. The van der Waals surface area contributed by atoms with Crippen molar-refractivity contribution in [2.45, 2.75) is 19.3 Å². The smallest absolute Gasteiger partial charge is 0.282 e. The number of nitrogens with one attached hydrogen (secondary N) is 1. The minimum atomic E-state index is -2.63. The standard InChI is InChI=1S/C18H19F2N7/c19-17(20)12-2-3-15-22-7-14(27(15)25-12)13-6-16(24-11-23-13)26-9-18(10-26)4-1-5-21-8-18/h2-3,6-7,11,17,21H,1,4-5,8-10H2. The van der Waals surface area contributed by atoms with Gasteiger partial charge in [-0.25, -0.2) is 28.2 Å². The number of imidazole rings is 1. The van der Waals surface area contributed by atoms with E-state index in [4.69, 9.17) is 0 Å². The molecule has 0 amide bonds. The van der Waals surface area contributed by atoms with Gasteiger partial charge in [-0.05, 0) is 31.5 Å². The maximum absolute atomic E-state index is 13.0. The lowest BCUT2D eigenvalue weighted by Gasteiger charge is -2.53. The number of rotatable bonds is 3. The number of hydrogen-bond acceptors (Lipinski definition) is 6. The maximum atomic E-state index is 13.0. The lowest BCUT2D eigenvalue weighted by atomic mass is 9.74. The van der Waals surface area contributed by atoms with Gasteiger partial charge in [0.05, 0.1) is 11.9 Å². The average molecular weight is 371 g/mol. The van der Waals surface area contributed by atoms with Crippen LogP contribution < -0.4 is 10.2 Å². The Morgan fingerprint density at radius 1 is 1.15 bits per heavy atom. The van der Waals surface area contributed by atoms with Gasteiger partial charge in [0, 0.05) is 31.1 Å². The van der Waals surface area contributed by atoms with Gasteiger partial charge in [-0.3, -0.25) is 0 Å². The Balaban J connectivity index is 1.44. The summed E-state index contributed by atoms with van der Waals surface area (Å²) in [7, 11) is 0. The second-order valence-corrected chi connectivity index (χ2v) is 7.37. The molecule has 3 aromatic rings. The van der Waals surface area contributed by atoms with Gasteiger partial charge in [0.15, 0.2) is 5.65 Å². The lowest BCUT2D eigenvalue weighted by Crippen LogP contribution is -2.62. The number of nitrogens with zero attached hydrogens (tertiary/aromatic N) is 6. The van der Waals surface area contributed by atoms with Crippen LogP contribution in [0.25, 0.3) is 17.0 Å². The van der Waals surface area contributed by atoms with Crippen molar-refractivity contribution >= 4 is 11.5 Å². The number of fused-ring (bicyclic) bond motifs is 1. The summed E-state index contributed by atoms with van der Waals surface area (Å²) in [5, 5.41) is 7.49. The molecule has 0 atom stereocenters. The highest BCUT2D eigenvalue weighted by atomic mass is 19.3. The van der Waals surface area contributed by atoms with E-state index in [2.05, 4.69) is 30.3 Å². The lowest BCUT2D eigenvalue weighted by molar-refractivity contribution is 0.144. The predicted octanol–water partition coefficient (Wildman–Crippen LogP) is 2.31. The zero-order chi connectivity index (χ0) is 18.4. The third kappa shape index (κ3) is 2.82. The highest BCUT2D eigenvalue weighted by Gasteiger charge is 2.44. The number of alkyl halides is 2. The first-order valence-corrected chi connectivity index (χ1v) is 9.05. The Hall–Kier alpha value is -2.68. The Kier molecular flexibility index (Phi) is 3.78. The second-order valence-electron chi connectivity index (χ2n) is 7.37. The van der Waals surface area contributed by atoms with Crippen LogP contribution in [0.4, 0.5) is 14.6 Å². The summed E-state index contributed by atoms with van der Waals surface area (Å²) in [4.78, 5) is 15.2. The molecule has 5 heterocycles. The summed E-state index contributed by atoms with van der Waals surface area (Å²) in [6.45, 7) is 4.09. The molecule has 140 valence electrons. The van der Waals surface area contributed by atoms with Crippen LogP contribution in [-0.2, 0) is 0 Å². The van der Waals surface area contributed by atoms with Crippen molar-refractivity contribution in [1.82, 2.24) is 29.9 Å². The van der Waals surface area contributed by atoms with Crippen molar-refractivity contribution in [2.24, 2.45) is 5.41 Å². The van der Waals surface area contributed by atoms with Crippen LogP contribution in [0, 0.1) is 5.41 Å². The molecule has 0 saturated carbocycles. The minimum Gasteiger partial charge on any atom is -0.355 e. The number of aromatic nitrogens is 5. The molecule has 0 bridgehead atoms. The van der Waals surface area contributed by atoms with Gasteiger partial charge in [0.1, 0.15) is 23.5 Å². The molecule has 7 nitrogen and oxygen atoms in total. The van der Waals surface area contributed by atoms with Gasteiger partial charge in [-0.1, -0.05) is 0 Å². The van der Waals surface area contributed by atoms with E-state index in [0.29, 0.717) is 22.5 Å². The van der Waals surface area contributed by atoms with Crippen molar-refractivity contribution in [2.75, 3.05) is 31.1 Å². The van der Waals surface area contributed by atoms with Crippen LogP contribution in [0.2, 0.25) is 0 Å². The van der Waals surface area contributed by atoms with Gasteiger partial charge in [0.25, 0.3) is 6.43 Å². The highest BCUT2D eigenvalue weighted by Crippen LogP contribution is 2.39. The summed E-state index contributed by atoms with van der Waals surface area (Å²) in [5.74, 6) is 0.844. The van der Waals surface area contributed by atoms with Crippen LogP contribution in [0.15, 0.2) is 30.7 Å². The summed E-state index contributed by atoms with van der Waals surface area (Å²) >= 11 is 0. The van der Waals surface area contributed by atoms with E-state index in [-0.39, 0.29) is 5.69 Å². The predicted molar refractivity (Wildman–Crippen MR) is 95.7 cm³/mol. The fraction of sp³-hybridized carbons (Fsp3) is 0.444. The zero-order valence-electron chi connectivity index (χ0n) is 14.6. The van der Waals surface area contributed by atoms with E-state index < -0.39 is 6.43 Å². The molecule has 0 aromatic carbocycles. The SMILES string of the molecule is FC(F)c1ccc2ncc(-c3cc(N4CC5(CCCNC5)C4)ncn3)n2n1. The monoisotopic (exact) mass is 371 g/mol. The summed E-state index contributed by atoms with van der Waals surface area (Å²) in [6.07, 6.45) is 2.93. The van der Waals surface area contributed by atoms with E-state index in [0.717, 1.165) is 32.0 Å². The average Bonchev–Trinajstić information content (AvgIpc) is 3.10. The molecule has 2 fully saturated rings. The number of anilines is 1. The third-order valence-electron chi connectivity index (χ3n) is 5.46. The van der Waals surface area contributed by atoms with E-state index in [1.807, 2.05) is 6.07 Å². The van der Waals surface area contributed by atoms with Gasteiger partial charge in [-0.2, -0.15) is 5.10 Å². The van der Waals surface area contributed by atoms with E-state index in [1.165, 1.54) is 35.8 Å². The largest absolute Gasteiger partial charge is 0.355 e. The van der Waals surface area contributed by atoms with E-state index >= 15 is 0 Å². The van der Waals surface area contributed by atoms with Gasteiger partial charge in [0.2, 0.25) is 0 Å². The molecular formula is C18H19F2N7. The highest BCUT2D eigenvalue weighted by molar-refractivity contribution is 5.62. The van der Waals surface area contributed by atoms with Crippen LogP contribution >= 0.6 is 0 Å². The Morgan fingerprint density at radius 2 is 2.04 bits per heavy atom.